The monoisotopic (exact) mass is 242 g/mol. The third-order valence-corrected chi connectivity index (χ3v) is 3.31. The normalized spacial score (nSPS) is 12.8. The average molecular weight is 242 g/mol. The van der Waals surface area contributed by atoms with Crippen molar-refractivity contribution in [1.29, 1.82) is 0 Å². The van der Waals surface area contributed by atoms with Gasteiger partial charge in [-0.1, -0.05) is 53.4 Å². The molecule has 0 saturated carbocycles. The van der Waals surface area contributed by atoms with E-state index in [1.54, 1.807) is 0 Å². The maximum atomic E-state index is 11.7. The summed E-state index contributed by atoms with van der Waals surface area (Å²) in [5.74, 6) is 1.06. The van der Waals surface area contributed by atoms with Gasteiger partial charge in [0, 0.05) is 6.42 Å². The molecular formula is C15H30O2. The van der Waals surface area contributed by atoms with Gasteiger partial charge >= 0.3 is 5.97 Å². The Kier molecular flexibility index (Phi) is 10.3. The molecule has 0 aliphatic carbocycles. The Morgan fingerprint density at radius 1 is 1.06 bits per heavy atom. The highest BCUT2D eigenvalue weighted by molar-refractivity contribution is 5.69. The maximum absolute atomic E-state index is 11.7. The lowest BCUT2D eigenvalue weighted by Crippen LogP contribution is -2.16. The van der Waals surface area contributed by atoms with Gasteiger partial charge in [-0.2, -0.15) is 0 Å². The van der Waals surface area contributed by atoms with Gasteiger partial charge in [0.1, 0.15) is 0 Å². The number of unbranched alkanes of at least 4 members (excludes halogenated alkanes) is 3. The van der Waals surface area contributed by atoms with Gasteiger partial charge in [0.15, 0.2) is 0 Å². The fraction of sp³-hybridized carbons (Fsp3) is 0.933. The standard InChI is InChI=1S/C15H30O2/c1-5-7-9-11-17-15(16)12-14(13(3)4)10-8-6-2/h13-14H,5-12H2,1-4H3. The molecule has 102 valence electrons. The van der Waals surface area contributed by atoms with Gasteiger partial charge in [0.25, 0.3) is 0 Å². The number of carbonyl (C=O) groups is 1. The van der Waals surface area contributed by atoms with Crippen LogP contribution in [0.4, 0.5) is 0 Å². The van der Waals surface area contributed by atoms with Gasteiger partial charge in [-0.05, 0) is 24.7 Å². The van der Waals surface area contributed by atoms with E-state index >= 15 is 0 Å². The quantitative estimate of drug-likeness (QED) is 0.414. The second-order valence-electron chi connectivity index (χ2n) is 5.28. The summed E-state index contributed by atoms with van der Waals surface area (Å²) in [6.45, 7) is 9.35. The minimum Gasteiger partial charge on any atom is -0.466 e. The predicted molar refractivity (Wildman–Crippen MR) is 73.0 cm³/mol. The molecule has 0 rings (SSSR count). The molecule has 0 saturated heterocycles. The molecule has 0 aromatic heterocycles. The van der Waals surface area contributed by atoms with Crippen LogP contribution in [0.3, 0.4) is 0 Å². The van der Waals surface area contributed by atoms with Crippen LogP contribution >= 0.6 is 0 Å². The van der Waals surface area contributed by atoms with Crippen LogP contribution < -0.4 is 0 Å². The predicted octanol–water partition coefficient (Wildman–Crippen LogP) is 4.57. The van der Waals surface area contributed by atoms with Gasteiger partial charge < -0.3 is 4.74 Å². The molecule has 0 amide bonds. The Bertz CT molecular complexity index is 187. The van der Waals surface area contributed by atoms with Crippen LogP contribution in [0.25, 0.3) is 0 Å². The first-order valence-corrected chi connectivity index (χ1v) is 7.27. The second-order valence-corrected chi connectivity index (χ2v) is 5.28. The number of rotatable bonds is 10. The van der Waals surface area contributed by atoms with Crippen molar-refractivity contribution in [3.05, 3.63) is 0 Å². The lowest BCUT2D eigenvalue weighted by molar-refractivity contribution is -0.145. The SMILES string of the molecule is CCCCCOC(=O)CC(CCCC)C(C)C. The minimum atomic E-state index is -0.00379. The molecule has 2 nitrogen and oxygen atoms in total. The lowest BCUT2D eigenvalue weighted by atomic mass is 9.88. The maximum Gasteiger partial charge on any atom is 0.306 e. The largest absolute Gasteiger partial charge is 0.466 e. The summed E-state index contributed by atoms with van der Waals surface area (Å²) in [4.78, 5) is 11.7. The molecule has 0 radical (unpaired) electrons. The van der Waals surface area contributed by atoms with Crippen LogP contribution in [0, 0.1) is 11.8 Å². The van der Waals surface area contributed by atoms with Crippen LogP contribution in [-0.4, -0.2) is 12.6 Å². The Hall–Kier alpha value is -0.530. The van der Waals surface area contributed by atoms with Crippen molar-refractivity contribution in [3.8, 4) is 0 Å². The molecule has 1 atom stereocenters. The summed E-state index contributed by atoms with van der Waals surface area (Å²) in [6.07, 6.45) is 7.49. The van der Waals surface area contributed by atoms with E-state index in [0.29, 0.717) is 24.9 Å². The van der Waals surface area contributed by atoms with E-state index in [9.17, 15) is 4.79 Å². The molecule has 0 aromatic carbocycles. The van der Waals surface area contributed by atoms with Gasteiger partial charge in [0.05, 0.1) is 6.61 Å². The summed E-state index contributed by atoms with van der Waals surface area (Å²) in [5.41, 5.74) is 0. The molecule has 0 fully saturated rings. The third-order valence-electron chi connectivity index (χ3n) is 3.31. The van der Waals surface area contributed by atoms with Crippen molar-refractivity contribution in [2.24, 2.45) is 11.8 Å². The van der Waals surface area contributed by atoms with Crippen LogP contribution in [-0.2, 0) is 9.53 Å². The first kappa shape index (κ1) is 16.5. The zero-order valence-electron chi connectivity index (χ0n) is 12.1. The van der Waals surface area contributed by atoms with E-state index in [2.05, 4.69) is 27.7 Å². The Morgan fingerprint density at radius 2 is 1.71 bits per heavy atom. The number of esters is 1. The van der Waals surface area contributed by atoms with E-state index in [1.165, 1.54) is 19.3 Å². The molecule has 0 aliphatic rings. The average Bonchev–Trinajstić information content (AvgIpc) is 2.29. The van der Waals surface area contributed by atoms with E-state index in [0.717, 1.165) is 19.3 Å². The van der Waals surface area contributed by atoms with Gasteiger partial charge in [-0.25, -0.2) is 0 Å². The zero-order valence-corrected chi connectivity index (χ0v) is 12.1. The molecule has 0 spiro atoms. The first-order valence-electron chi connectivity index (χ1n) is 7.27. The Labute approximate surface area is 107 Å². The third kappa shape index (κ3) is 9.20. The van der Waals surface area contributed by atoms with Crippen molar-refractivity contribution in [3.63, 3.8) is 0 Å². The van der Waals surface area contributed by atoms with E-state index in [-0.39, 0.29) is 5.97 Å². The second kappa shape index (κ2) is 10.6. The molecule has 0 aromatic rings. The molecule has 1 unspecified atom stereocenters. The van der Waals surface area contributed by atoms with Crippen molar-refractivity contribution >= 4 is 5.97 Å². The van der Waals surface area contributed by atoms with E-state index in [1.807, 2.05) is 0 Å². The molecule has 2 heteroatoms. The highest BCUT2D eigenvalue weighted by atomic mass is 16.5. The summed E-state index contributed by atoms with van der Waals surface area (Å²) in [6, 6.07) is 0. The zero-order chi connectivity index (χ0) is 13.1. The van der Waals surface area contributed by atoms with Crippen molar-refractivity contribution < 1.29 is 9.53 Å². The van der Waals surface area contributed by atoms with Gasteiger partial charge in [0.2, 0.25) is 0 Å². The number of hydrogen-bond acceptors (Lipinski definition) is 2. The van der Waals surface area contributed by atoms with Crippen molar-refractivity contribution in [2.45, 2.75) is 72.6 Å². The summed E-state index contributed by atoms with van der Waals surface area (Å²) >= 11 is 0. The van der Waals surface area contributed by atoms with Crippen LogP contribution in [0.15, 0.2) is 0 Å². The van der Waals surface area contributed by atoms with Crippen LogP contribution in [0.1, 0.15) is 72.6 Å². The summed E-state index contributed by atoms with van der Waals surface area (Å²) in [7, 11) is 0. The minimum absolute atomic E-state index is 0.00379. The topological polar surface area (TPSA) is 26.3 Å². The summed E-state index contributed by atoms with van der Waals surface area (Å²) < 4.78 is 5.27. The molecule has 0 bridgehead atoms. The molecule has 0 heterocycles. The Balaban J connectivity index is 3.79. The molecule has 17 heavy (non-hydrogen) atoms. The van der Waals surface area contributed by atoms with Gasteiger partial charge in [-0.3, -0.25) is 4.79 Å². The number of hydrogen-bond donors (Lipinski definition) is 0. The van der Waals surface area contributed by atoms with Crippen LogP contribution in [0.2, 0.25) is 0 Å². The highest BCUT2D eigenvalue weighted by Gasteiger charge is 2.17. The Morgan fingerprint density at radius 3 is 2.24 bits per heavy atom. The van der Waals surface area contributed by atoms with Crippen LogP contribution in [0.5, 0.6) is 0 Å². The number of ether oxygens (including phenoxy) is 1. The fourth-order valence-electron chi connectivity index (χ4n) is 1.95. The molecular weight excluding hydrogens is 212 g/mol. The van der Waals surface area contributed by atoms with E-state index in [4.69, 9.17) is 4.74 Å². The van der Waals surface area contributed by atoms with E-state index < -0.39 is 0 Å². The molecule has 0 N–H and O–H groups in total. The number of carbonyl (C=O) groups excluding carboxylic acids is 1. The van der Waals surface area contributed by atoms with Crippen molar-refractivity contribution in [1.82, 2.24) is 0 Å². The smallest absolute Gasteiger partial charge is 0.306 e. The lowest BCUT2D eigenvalue weighted by Gasteiger charge is -2.19. The fourth-order valence-corrected chi connectivity index (χ4v) is 1.95. The molecule has 0 aliphatic heterocycles. The van der Waals surface area contributed by atoms with Gasteiger partial charge in [-0.15, -0.1) is 0 Å². The first-order chi connectivity index (χ1) is 8.11. The summed E-state index contributed by atoms with van der Waals surface area (Å²) in [5, 5.41) is 0. The highest BCUT2D eigenvalue weighted by Crippen LogP contribution is 2.22. The van der Waals surface area contributed by atoms with Crippen molar-refractivity contribution in [2.75, 3.05) is 6.61 Å².